The molecule has 2 rings (SSSR count). The molecule has 4 heteroatoms. The van der Waals surface area contributed by atoms with E-state index in [-0.39, 0.29) is 17.4 Å². The highest BCUT2D eigenvalue weighted by Gasteiger charge is 2.53. The van der Waals surface area contributed by atoms with Crippen LogP contribution in [0.2, 0.25) is 0 Å². The number of ether oxygens (including phenoxy) is 2. The molecule has 2 unspecified atom stereocenters. The first-order chi connectivity index (χ1) is 9.83. The summed E-state index contributed by atoms with van der Waals surface area (Å²) in [7, 11) is 0. The quantitative estimate of drug-likeness (QED) is 0.590. The van der Waals surface area contributed by atoms with Crippen molar-refractivity contribution in [2.45, 2.75) is 52.1 Å². The second kappa shape index (κ2) is 5.51. The molecule has 0 heterocycles. The van der Waals surface area contributed by atoms with E-state index in [1.807, 2.05) is 6.08 Å². The summed E-state index contributed by atoms with van der Waals surface area (Å²) in [6.07, 6.45) is 8.72. The lowest BCUT2D eigenvalue weighted by atomic mass is 9.59. The molecule has 2 atom stereocenters. The Kier molecular flexibility index (Phi) is 4.08. The highest BCUT2D eigenvalue weighted by molar-refractivity contribution is 5.68. The van der Waals surface area contributed by atoms with Gasteiger partial charge < -0.3 is 9.47 Å². The van der Waals surface area contributed by atoms with Crippen LogP contribution >= 0.6 is 0 Å². The Morgan fingerprint density at radius 2 is 2.00 bits per heavy atom. The Bertz CT molecular complexity index is 543. The van der Waals surface area contributed by atoms with Crippen molar-refractivity contribution in [3.63, 3.8) is 0 Å². The highest BCUT2D eigenvalue weighted by Crippen LogP contribution is 2.54. The SMILES string of the molecule is C=CC1(OC(C)=O)CCC=C2C=C(OC(C)=O)CCC21C. The van der Waals surface area contributed by atoms with Crippen LogP contribution in [0.3, 0.4) is 0 Å². The number of hydrogen-bond donors (Lipinski definition) is 0. The van der Waals surface area contributed by atoms with Crippen molar-refractivity contribution >= 4 is 11.9 Å². The molecular weight excluding hydrogens is 268 g/mol. The van der Waals surface area contributed by atoms with Gasteiger partial charge in [0, 0.05) is 25.7 Å². The maximum atomic E-state index is 11.5. The zero-order chi connectivity index (χ0) is 15.7. The van der Waals surface area contributed by atoms with E-state index in [0.29, 0.717) is 12.2 Å². The second-order valence-corrected chi connectivity index (χ2v) is 5.92. The van der Waals surface area contributed by atoms with Crippen molar-refractivity contribution in [1.82, 2.24) is 0 Å². The monoisotopic (exact) mass is 290 g/mol. The van der Waals surface area contributed by atoms with Gasteiger partial charge in [-0.3, -0.25) is 9.59 Å². The average Bonchev–Trinajstić information content (AvgIpc) is 2.39. The largest absolute Gasteiger partial charge is 0.454 e. The van der Waals surface area contributed by atoms with Crippen molar-refractivity contribution in [2.75, 3.05) is 0 Å². The molecule has 21 heavy (non-hydrogen) atoms. The number of carbonyl (C=O) groups excluding carboxylic acids is 2. The summed E-state index contributed by atoms with van der Waals surface area (Å²) in [5.41, 5.74) is 0.0288. The summed E-state index contributed by atoms with van der Waals surface area (Å²) in [6, 6.07) is 0. The molecule has 0 radical (unpaired) electrons. The zero-order valence-electron chi connectivity index (χ0n) is 12.9. The van der Waals surface area contributed by atoms with E-state index >= 15 is 0 Å². The van der Waals surface area contributed by atoms with Crippen LogP contribution in [0, 0.1) is 5.41 Å². The van der Waals surface area contributed by atoms with Gasteiger partial charge in [0.2, 0.25) is 0 Å². The van der Waals surface area contributed by atoms with Crippen molar-refractivity contribution in [3.05, 3.63) is 36.1 Å². The molecular formula is C17H22O4. The minimum absolute atomic E-state index is 0.299. The van der Waals surface area contributed by atoms with E-state index in [4.69, 9.17) is 9.47 Å². The third kappa shape index (κ3) is 2.67. The molecule has 0 bridgehead atoms. The second-order valence-electron chi connectivity index (χ2n) is 5.92. The molecule has 0 aliphatic heterocycles. The van der Waals surface area contributed by atoms with Gasteiger partial charge in [-0.1, -0.05) is 19.6 Å². The molecule has 0 fully saturated rings. The fraction of sp³-hybridized carbons (Fsp3) is 0.529. The first-order valence-corrected chi connectivity index (χ1v) is 7.26. The lowest BCUT2D eigenvalue weighted by Gasteiger charge is -2.51. The Morgan fingerprint density at radius 3 is 2.57 bits per heavy atom. The fourth-order valence-corrected chi connectivity index (χ4v) is 3.43. The molecule has 0 aromatic heterocycles. The van der Waals surface area contributed by atoms with Crippen LogP contribution in [0.4, 0.5) is 0 Å². The molecule has 2 aliphatic rings. The molecule has 0 aromatic carbocycles. The normalized spacial score (nSPS) is 31.4. The maximum Gasteiger partial charge on any atom is 0.307 e. The van der Waals surface area contributed by atoms with Gasteiger partial charge in [-0.15, -0.1) is 0 Å². The standard InChI is InChI=1S/C17H22O4/c1-5-17(21-13(3)19)9-6-7-14-11-15(20-12(2)18)8-10-16(14,17)4/h5,7,11H,1,6,8-10H2,2-4H3. The minimum Gasteiger partial charge on any atom is -0.454 e. The Morgan fingerprint density at radius 1 is 1.29 bits per heavy atom. The average molecular weight is 290 g/mol. The van der Waals surface area contributed by atoms with Crippen LogP contribution in [0.25, 0.3) is 0 Å². The van der Waals surface area contributed by atoms with E-state index in [0.717, 1.165) is 24.8 Å². The first-order valence-electron chi connectivity index (χ1n) is 7.26. The fourth-order valence-electron chi connectivity index (χ4n) is 3.43. The number of carbonyl (C=O) groups is 2. The maximum absolute atomic E-state index is 11.5. The van der Waals surface area contributed by atoms with Gasteiger partial charge >= 0.3 is 11.9 Å². The van der Waals surface area contributed by atoms with Crippen LogP contribution in [0.15, 0.2) is 36.1 Å². The van der Waals surface area contributed by atoms with E-state index in [1.165, 1.54) is 13.8 Å². The van der Waals surface area contributed by atoms with Crippen molar-refractivity contribution < 1.29 is 19.1 Å². The van der Waals surface area contributed by atoms with Crippen molar-refractivity contribution in [1.29, 1.82) is 0 Å². The molecule has 0 saturated heterocycles. The molecule has 0 spiro atoms. The van der Waals surface area contributed by atoms with Crippen LogP contribution in [0.1, 0.15) is 46.5 Å². The summed E-state index contributed by atoms with van der Waals surface area (Å²) < 4.78 is 10.9. The summed E-state index contributed by atoms with van der Waals surface area (Å²) in [4.78, 5) is 22.6. The molecule has 0 amide bonds. The number of allylic oxidation sites excluding steroid dienone is 3. The van der Waals surface area contributed by atoms with Gasteiger partial charge in [0.15, 0.2) is 0 Å². The summed E-state index contributed by atoms with van der Waals surface area (Å²) in [5.74, 6) is 0.0669. The summed E-state index contributed by atoms with van der Waals surface area (Å²) >= 11 is 0. The van der Waals surface area contributed by atoms with E-state index in [1.54, 1.807) is 6.08 Å². The molecule has 0 N–H and O–H groups in total. The predicted octanol–water partition coefficient (Wildman–Crippen LogP) is 3.44. The Hall–Kier alpha value is -1.84. The van der Waals surface area contributed by atoms with Crippen LogP contribution < -0.4 is 0 Å². The predicted molar refractivity (Wildman–Crippen MR) is 79.2 cm³/mol. The van der Waals surface area contributed by atoms with E-state index < -0.39 is 5.60 Å². The first kappa shape index (κ1) is 15.5. The molecule has 0 aromatic rings. The highest BCUT2D eigenvalue weighted by atomic mass is 16.6. The van der Waals surface area contributed by atoms with E-state index in [2.05, 4.69) is 19.6 Å². The lowest BCUT2D eigenvalue weighted by molar-refractivity contribution is -0.164. The topological polar surface area (TPSA) is 52.6 Å². The molecule has 4 nitrogen and oxygen atoms in total. The Labute approximate surface area is 125 Å². The summed E-state index contributed by atoms with van der Waals surface area (Å²) in [6.45, 7) is 8.82. The van der Waals surface area contributed by atoms with Gasteiger partial charge in [-0.2, -0.15) is 0 Å². The third-order valence-corrected chi connectivity index (χ3v) is 4.57. The van der Waals surface area contributed by atoms with Gasteiger partial charge in [-0.25, -0.2) is 0 Å². The van der Waals surface area contributed by atoms with Gasteiger partial charge in [0.25, 0.3) is 0 Å². The number of rotatable bonds is 3. The smallest absolute Gasteiger partial charge is 0.307 e. The van der Waals surface area contributed by atoms with Crippen LogP contribution in [0.5, 0.6) is 0 Å². The van der Waals surface area contributed by atoms with Crippen molar-refractivity contribution in [3.8, 4) is 0 Å². The number of hydrogen-bond acceptors (Lipinski definition) is 4. The number of esters is 2. The molecule has 114 valence electrons. The zero-order valence-corrected chi connectivity index (χ0v) is 12.9. The van der Waals surface area contributed by atoms with Crippen molar-refractivity contribution in [2.24, 2.45) is 5.41 Å². The minimum atomic E-state index is -0.693. The number of fused-ring (bicyclic) bond motifs is 1. The molecule has 0 saturated carbocycles. The lowest BCUT2D eigenvalue weighted by Crippen LogP contribution is -2.51. The molecule has 2 aliphatic carbocycles. The summed E-state index contributed by atoms with van der Waals surface area (Å²) in [5, 5.41) is 0. The van der Waals surface area contributed by atoms with Gasteiger partial charge in [0.1, 0.15) is 11.4 Å². The third-order valence-electron chi connectivity index (χ3n) is 4.57. The van der Waals surface area contributed by atoms with Crippen LogP contribution in [-0.4, -0.2) is 17.5 Å². The van der Waals surface area contributed by atoms with Gasteiger partial charge in [-0.05, 0) is 37.0 Å². The Balaban J connectivity index is 2.40. The van der Waals surface area contributed by atoms with E-state index in [9.17, 15) is 9.59 Å². The van der Waals surface area contributed by atoms with Crippen LogP contribution in [-0.2, 0) is 19.1 Å². The van der Waals surface area contributed by atoms with Gasteiger partial charge in [0.05, 0.1) is 0 Å².